The molecule has 4 aliphatic carbocycles. The molecule has 1 unspecified atom stereocenters. The van der Waals surface area contributed by atoms with Gasteiger partial charge in [0.1, 0.15) is 0 Å². The van der Waals surface area contributed by atoms with Crippen molar-refractivity contribution >= 4 is 27.4 Å². The highest BCUT2D eigenvalue weighted by atomic mass is 15.0. The van der Waals surface area contributed by atoms with Crippen LogP contribution in [0.25, 0.3) is 55.3 Å². The number of benzene rings is 8. The molecule has 0 saturated heterocycles. The molecule has 1 nitrogen and oxygen atoms in total. The van der Waals surface area contributed by atoms with Gasteiger partial charge >= 0.3 is 0 Å². The van der Waals surface area contributed by atoms with E-state index in [1.165, 1.54) is 105 Å². The molecule has 0 saturated carbocycles. The van der Waals surface area contributed by atoms with Crippen LogP contribution in [0.2, 0.25) is 0 Å². The SMILES string of the molecule is C1=CC2=C(CC1)C1(c3ccccc32)c2ccccc2C2(c3ccccc3-c3ccccc32)c2c(-c3ccc(-n4c5ccccc5c5ccccc54)cc3)cccc21. The van der Waals surface area contributed by atoms with Gasteiger partial charge in [-0.25, -0.2) is 0 Å². The van der Waals surface area contributed by atoms with Gasteiger partial charge in [0.2, 0.25) is 0 Å². The Hall–Kier alpha value is -6.96. The molecule has 1 atom stereocenters. The van der Waals surface area contributed by atoms with Crippen molar-refractivity contribution in [3.63, 3.8) is 0 Å². The third-order valence-electron chi connectivity index (χ3n) is 13.8. The Morgan fingerprint density at radius 3 is 1.53 bits per heavy atom. The molecule has 4 aliphatic rings. The van der Waals surface area contributed by atoms with E-state index in [1.54, 1.807) is 0 Å². The van der Waals surface area contributed by atoms with E-state index in [0.29, 0.717) is 0 Å². The van der Waals surface area contributed by atoms with Crippen molar-refractivity contribution in [2.75, 3.05) is 0 Å². The molecule has 0 bridgehead atoms. The first-order valence-electron chi connectivity index (χ1n) is 20.3. The number of allylic oxidation sites excluding steroid dienone is 4. The lowest BCUT2D eigenvalue weighted by Crippen LogP contribution is -2.44. The zero-order chi connectivity index (χ0) is 37.3. The topological polar surface area (TPSA) is 4.93 Å². The summed E-state index contributed by atoms with van der Waals surface area (Å²) in [6, 6.07) is 71.4. The lowest BCUT2D eigenvalue weighted by Gasteiger charge is -2.50. The molecule has 0 fully saturated rings. The van der Waals surface area contributed by atoms with Gasteiger partial charge in [-0.1, -0.05) is 176 Å². The fourth-order valence-corrected chi connectivity index (χ4v) is 11.8. The fourth-order valence-electron chi connectivity index (χ4n) is 11.8. The van der Waals surface area contributed by atoms with E-state index in [-0.39, 0.29) is 0 Å². The minimum atomic E-state index is -0.519. The number of hydrogen-bond acceptors (Lipinski definition) is 0. The molecule has 57 heavy (non-hydrogen) atoms. The van der Waals surface area contributed by atoms with E-state index in [4.69, 9.17) is 0 Å². The van der Waals surface area contributed by atoms with Crippen LogP contribution in [0.15, 0.2) is 206 Å². The van der Waals surface area contributed by atoms with Crippen LogP contribution < -0.4 is 0 Å². The van der Waals surface area contributed by atoms with Crippen molar-refractivity contribution in [1.29, 1.82) is 0 Å². The zero-order valence-electron chi connectivity index (χ0n) is 31.4. The number of hydrogen-bond donors (Lipinski definition) is 0. The Labute approximate surface area is 332 Å². The molecular weight excluding hydrogens is 687 g/mol. The predicted octanol–water partition coefficient (Wildman–Crippen LogP) is 13.6. The van der Waals surface area contributed by atoms with Crippen molar-refractivity contribution in [3.8, 4) is 27.9 Å². The van der Waals surface area contributed by atoms with Gasteiger partial charge in [0.05, 0.1) is 21.9 Å². The van der Waals surface area contributed by atoms with E-state index >= 15 is 0 Å². The molecule has 13 rings (SSSR count). The monoisotopic (exact) mass is 723 g/mol. The first-order valence-corrected chi connectivity index (χ1v) is 20.3. The number of nitrogens with zero attached hydrogens (tertiary/aromatic N) is 1. The predicted molar refractivity (Wildman–Crippen MR) is 235 cm³/mol. The highest BCUT2D eigenvalue weighted by molar-refractivity contribution is 6.09. The maximum absolute atomic E-state index is 2.48. The Morgan fingerprint density at radius 1 is 0.386 bits per heavy atom. The second-order valence-electron chi connectivity index (χ2n) is 16.2. The first-order chi connectivity index (χ1) is 28.3. The summed E-state index contributed by atoms with van der Waals surface area (Å²) in [6.45, 7) is 0. The lowest BCUT2D eigenvalue weighted by atomic mass is 9.50. The molecular formula is C56H37N. The van der Waals surface area contributed by atoms with Crippen molar-refractivity contribution in [1.82, 2.24) is 4.57 Å². The molecule has 266 valence electrons. The lowest BCUT2D eigenvalue weighted by molar-refractivity contribution is 0.607. The van der Waals surface area contributed by atoms with E-state index < -0.39 is 10.8 Å². The second-order valence-corrected chi connectivity index (χ2v) is 16.2. The Balaban J connectivity index is 1.15. The maximum atomic E-state index is 2.48. The van der Waals surface area contributed by atoms with Crippen molar-refractivity contribution in [2.24, 2.45) is 0 Å². The summed E-state index contributed by atoms with van der Waals surface area (Å²) in [7, 11) is 0. The smallest absolute Gasteiger partial charge is 0.0725 e. The van der Waals surface area contributed by atoms with Crippen molar-refractivity contribution in [2.45, 2.75) is 23.7 Å². The summed E-state index contributed by atoms with van der Waals surface area (Å²) in [4.78, 5) is 0. The molecule has 8 aromatic carbocycles. The molecule has 9 aromatic rings. The van der Waals surface area contributed by atoms with Crippen molar-refractivity contribution < 1.29 is 0 Å². The standard InChI is InChI=1S/C56H37N/c1-7-23-45-39(16-1)40-17-2-8-24-46(40)55(45)49-27-11-12-28-50(49)56(47-25-9-3-18-41(47)42-19-4-10-26-48(42)56)54-38(22-15-29-51(54)55)36-32-34-37(35-33-36)57-52-30-13-5-20-43(52)44-21-6-14-31-53(44)57/h1-7,9-23,25-35H,8,24H2. The van der Waals surface area contributed by atoms with Gasteiger partial charge < -0.3 is 4.57 Å². The Kier molecular flexibility index (Phi) is 6.20. The van der Waals surface area contributed by atoms with Gasteiger partial charge in [0.25, 0.3) is 0 Å². The summed E-state index contributed by atoms with van der Waals surface area (Å²) in [5.74, 6) is 0. The third-order valence-corrected chi connectivity index (χ3v) is 13.8. The molecule has 2 spiro atoms. The van der Waals surface area contributed by atoms with Gasteiger partial charge in [-0.05, 0) is 115 Å². The van der Waals surface area contributed by atoms with E-state index in [9.17, 15) is 0 Å². The van der Waals surface area contributed by atoms with Crippen LogP contribution >= 0.6 is 0 Å². The molecule has 0 amide bonds. The van der Waals surface area contributed by atoms with Crippen LogP contribution in [0.5, 0.6) is 0 Å². The van der Waals surface area contributed by atoms with Gasteiger partial charge in [-0.15, -0.1) is 0 Å². The summed E-state index contributed by atoms with van der Waals surface area (Å²) < 4.78 is 2.42. The minimum absolute atomic E-state index is 0.417. The van der Waals surface area contributed by atoms with Crippen molar-refractivity contribution in [3.05, 3.63) is 250 Å². The zero-order valence-corrected chi connectivity index (χ0v) is 31.4. The van der Waals surface area contributed by atoms with Gasteiger partial charge in [-0.3, -0.25) is 0 Å². The van der Waals surface area contributed by atoms with E-state index in [1.807, 2.05) is 0 Å². The molecule has 0 radical (unpaired) electrons. The average Bonchev–Trinajstić information content (AvgIpc) is 3.89. The number of para-hydroxylation sites is 2. The second kappa shape index (κ2) is 11.3. The number of rotatable bonds is 2. The molecule has 1 heteroatoms. The normalized spacial score (nSPS) is 17.8. The highest BCUT2D eigenvalue weighted by Gasteiger charge is 2.60. The third kappa shape index (κ3) is 3.75. The van der Waals surface area contributed by atoms with Gasteiger partial charge in [0.15, 0.2) is 0 Å². The van der Waals surface area contributed by atoms with Crippen LogP contribution in [0.1, 0.15) is 57.3 Å². The van der Waals surface area contributed by atoms with Crippen LogP contribution in [0.4, 0.5) is 0 Å². The summed E-state index contributed by atoms with van der Waals surface area (Å²) >= 11 is 0. The molecule has 0 N–H and O–H groups in total. The minimum Gasteiger partial charge on any atom is -0.309 e. The highest BCUT2D eigenvalue weighted by Crippen LogP contribution is 2.68. The first kappa shape index (κ1) is 31.3. The quantitative estimate of drug-likeness (QED) is 0.167. The fraction of sp³-hybridized carbons (Fsp3) is 0.0714. The van der Waals surface area contributed by atoms with Crippen LogP contribution in [-0.2, 0) is 10.8 Å². The van der Waals surface area contributed by atoms with Gasteiger partial charge in [-0.2, -0.15) is 0 Å². The van der Waals surface area contributed by atoms with Crippen LogP contribution in [-0.4, -0.2) is 4.57 Å². The average molecular weight is 724 g/mol. The molecule has 0 aliphatic heterocycles. The van der Waals surface area contributed by atoms with E-state index in [0.717, 1.165) is 12.8 Å². The van der Waals surface area contributed by atoms with Gasteiger partial charge in [0, 0.05) is 16.5 Å². The summed E-state index contributed by atoms with van der Waals surface area (Å²) in [5.41, 5.74) is 21.9. The number of fused-ring (bicyclic) bond motifs is 18. The van der Waals surface area contributed by atoms with E-state index in [2.05, 4.69) is 205 Å². The summed E-state index contributed by atoms with van der Waals surface area (Å²) in [6.07, 6.45) is 6.87. The maximum Gasteiger partial charge on any atom is 0.0725 e. The van der Waals surface area contributed by atoms with Crippen LogP contribution in [0.3, 0.4) is 0 Å². The van der Waals surface area contributed by atoms with Crippen LogP contribution in [0, 0.1) is 0 Å². The Bertz CT molecular complexity index is 3140. The Morgan fingerprint density at radius 2 is 0.877 bits per heavy atom. The largest absolute Gasteiger partial charge is 0.309 e. The molecule has 1 heterocycles. The summed E-state index contributed by atoms with van der Waals surface area (Å²) in [5, 5.41) is 2.56. The number of aromatic nitrogens is 1. The molecule has 1 aromatic heterocycles.